The standard InChI is InChI=1S/C22H34N6O/c1-17-20(18(2)28-22(25-17)23-16-24-28)9-10-21(29)27-12-6-11-26(13-14-27)15-19-7-4-3-5-8-19/h16,19H,3-15H2,1-2H3. The molecule has 4 rings (SSSR count). The molecule has 0 aromatic carbocycles. The summed E-state index contributed by atoms with van der Waals surface area (Å²) in [5.41, 5.74) is 3.10. The first kappa shape index (κ1) is 20.3. The minimum Gasteiger partial charge on any atom is -0.341 e. The molecule has 1 saturated heterocycles. The maximum Gasteiger partial charge on any atom is 0.252 e. The Morgan fingerprint density at radius 1 is 1.07 bits per heavy atom. The second-order valence-corrected chi connectivity index (χ2v) is 8.77. The van der Waals surface area contributed by atoms with Gasteiger partial charge in [0.25, 0.3) is 5.78 Å². The Bertz CT molecular complexity index is 841. The molecule has 29 heavy (non-hydrogen) atoms. The van der Waals surface area contributed by atoms with E-state index in [1.54, 1.807) is 4.52 Å². The first-order valence-electron chi connectivity index (χ1n) is 11.3. The normalized spacial score (nSPS) is 19.6. The first-order valence-corrected chi connectivity index (χ1v) is 11.3. The Kier molecular flexibility index (Phi) is 6.43. The number of aromatic nitrogens is 4. The summed E-state index contributed by atoms with van der Waals surface area (Å²) in [7, 11) is 0. The molecule has 1 aliphatic carbocycles. The molecule has 1 saturated carbocycles. The van der Waals surface area contributed by atoms with Crippen molar-refractivity contribution in [3.63, 3.8) is 0 Å². The monoisotopic (exact) mass is 398 g/mol. The van der Waals surface area contributed by atoms with E-state index in [0.29, 0.717) is 18.6 Å². The molecule has 7 nitrogen and oxygen atoms in total. The molecule has 0 N–H and O–H groups in total. The van der Waals surface area contributed by atoms with Crippen LogP contribution in [0, 0.1) is 19.8 Å². The second-order valence-electron chi connectivity index (χ2n) is 8.77. The molecular formula is C22H34N6O. The molecule has 2 aromatic rings. The van der Waals surface area contributed by atoms with Crippen LogP contribution in [0.3, 0.4) is 0 Å². The third-order valence-electron chi connectivity index (χ3n) is 6.76. The molecule has 0 bridgehead atoms. The molecule has 0 radical (unpaired) electrons. The Labute approximate surface area is 173 Å². The van der Waals surface area contributed by atoms with Crippen LogP contribution in [-0.4, -0.2) is 68.0 Å². The molecule has 2 fully saturated rings. The molecule has 3 heterocycles. The zero-order valence-electron chi connectivity index (χ0n) is 17.9. The highest BCUT2D eigenvalue weighted by Gasteiger charge is 2.22. The van der Waals surface area contributed by atoms with Gasteiger partial charge in [0, 0.05) is 44.0 Å². The van der Waals surface area contributed by atoms with Gasteiger partial charge in [0.1, 0.15) is 6.33 Å². The van der Waals surface area contributed by atoms with E-state index in [9.17, 15) is 4.79 Å². The van der Waals surface area contributed by atoms with Gasteiger partial charge in [-0.1, -0.05) is 19.3 Å². The van der Waals surface area contributed by atoms with Crippen molar-refractivity contribution >= 4 is 11.7 Å². The highest BCUT2D eigenvalue weighted by molar-refractivity contribution is 5.76. The van der Waals surface area contributed by atoms with Crippen LogP contribution in [0.2, 0.25) is 0 Å². The molecule has 7 heteroatoms. The number of amides is 1. The average Bonchev–Trinajstić information content (AvgIpc) is 3.06. The third-order valence-corrected chi connectivity index (χ3v) is 6.76. The number of hydrogen-bond acceptors (Lipinski definition) is 5. The minimum atomic E-state index is 0.266. The highest BCUT2D eigenvalue weighted by Crippen LogP contribution is 2.25. The SMILES string of the molecule is Cc1nc2ncnn2c(C)c1CCC(=O)N1CCCN(CC2CCCCC2)CC1. The van der Waals surface area contributed by atoms with Crippen molar-refractivity contribution in [1.29, 1.82) is 0 Å². The largest absolute Gasteiger partial charge is 0.341 e. The fourth-order valence-electron chi connectivity index (χ4n) is 5.04. The fourth-order valence-corrected chi connectivity index (χ4v) is 5.04. The summed E-state index contributed by atoms with van der Waals surface area (Å²) in [5.74, 6) is 1.76. The Hall–Kier alpha value is -2.02. The van der Waals surface area contributed by atoms with Crippen molar-refractivity contribution in [2.45, 2.75) is 65.2 Å². The molecule has 1 amide bonds. The van der Waals surface area contributed by atoms with Crippen LogP contribution in [0.15, 0.2) is 6.33 Å². The smallest absolute Gasteiger partial charge is 0.252 e. The summed E-state index contributed by atoms with van der Waals surface area (Å²) in [6.07, 6.45) is 10.9. The van der Waals surface area contributed by atoms with Gasteiger partial charge < -0.3 is 9.80 Å². The van der Waals surface area contributed by atoms with Gasteiger partial charge in [-0.15, -0.1) is 0 Å². The summed E-state index contributed by atoms with van der Waals surface area (Å²) in [4.78, 5) is 26.3. The summed E-state index contributed by atoms with van der Waals surface area (Å²) in [5, 5.41) is 4.25. The Morgan fingerprint density at radius 2 is 1.90 bits per heavy atom. The third kappa shape index (κ3) is 4.77. The van der Waals surface area contributed by atoms with Crippen molar-refractivity contribution in [1.82, 2.24) is 29.4 Å². The van der Waals surface area contributed by atoms with Gasteiger partial charge >= 0.3 is 0 Å². The number of hydrogen-bond donors (Lipinski definition) is 0. The van der Waals surface area contributed by atoms with Crippen LogP contribution >= 0.6 is 0 Å². The van der Waals surface area contributed by atoms with Gasteiger partial charge in [-0.2, -0.15) is 10.1 Å². The maximum absolute atomic E-state index is 12.9. The lowest BCUT2D eigenvalue weighted by atomic mass is 9.89. The Morgan fingerprint density at radius 3 is 2.72 bits per heavy atom. The van der Waals surface area contributed by atoms with Gasteiger partial charge in [-0.3, -0.25) is 4.79 Å². The molecule has 1 aliphatic heterocycles. The van der Waals surface area contributed by atoms with Crippen LogP contribution in [0.5, 0.6) is 0 Å². The van der Waals surface area contributed by atoms with E-state index < -0.39 is 0 Å². The summed E-state index contributed by atoms with van der Waals surface area (Å²) < 4.78 is 1.77. The van der Waals surface area contributed by atoms with E-state index in [4.69, 9.17) is 0 Å². The van der Waals surface area contributed by atoms with Crippen LogP contribution < -0.4 is 0 Å². The topological polar surface area (TPSA) is 66.6 Å². The lowest BCUT2D eigenvalue weighted by Crippen LogP contribution is -2.37. The summed E-state index contributed by atoms with van der Waals surface area (Å²) in [6, 6.07) is 0. The highest BCUT2D eigenvalue weighted by atomic mass is 16.2. The number of carbonyl (C=O) groups is 1. The van der Waals surface area contributed by atoms with Crippen molar-refractivity contribution in [3.8, 4) is 0 Å². The predicted molar refractivity (Wildman–Crippen MR) is 113 cm³/mol. The van der Waals surface area contributed by atoms with Gasteiger partial charge in [-0.25, -0.2) is 9.50 Å². The predicted octanol–water partition coefficient (Wildman–Crippen LogP) is 2.79. The van der Waals surface area contributed by atoms with Gasteiger partial charge in [0.05, 0.1) is 0 Å². The minimum absolute atomic E-state index is 0.266. The molecule has 2 aromatic heterocycles. The van der Waals surface area contributed by atoms with E-state index >= 15 is 0 Å². The van der Waals surface area contributed by atoms with Crippen LogP contribution in [0.25, 0.3) is 5.78 Å². The van der Waals surface area contributed by atoms with Gasteiger partial charge in [-0.05, 0) is 57.6 Å². The summed E-state index contributed by atoms with van der Waals surface area (Å²) in [6.45, 7) is 9.16. The van der Waals surface area contributed by atoms with E-state index in [1.165, 1.54) is 45.0 Å². The van der Waals surface area contributed by atoms with Crippen molar-refractivity contribution in [2.24, 2.45) is 5.92 Å². The lowest BCUT2D eigenvalue weighted by Gasteiger charge is -2.28. The van der Waals surface area contributed by atoms with Gasteiger partial charge in [0.2, 0.25) is 5.91 Å². The maximum atomic E-state index is 12.9. The molecular weight excluding hydrogens is 364 g/mol. The average molecular weight is 399 g/mol. The van der Waals surface area contributed by atoms with E-state index in [1.807, 2.05) is 13.8 Å². The van der Waals surface area contributed by atoms with E-state index in [2.05, 4.69) is 24.9 Å². The van der Waals surface area contributed by atoms with Crippen LogP contribution in [-0.2, 0) is 11.2 Å². The van der Waals surface area contributed by atoms with Crippen molar-refractivity contribution in [3.05, 3.63) is 23.3 Å². The number of carbonyl (C=O) groups excluding carboxylic acids is 1. The zero-order valence-corrected chi connectivity index (χ0v) is 17.9. The molecule has 0 atom stereocenters. The zero-order chi connectivity index (χ0) is 20.2. The van der Waals surface area contributed by atoms with Crippen molar-refractivity contribution < 1.29 is 4.79 Å². The number of fused-ring (bicyclic) bond motifs is 1. The van der Waals surface area contributed by atoms with Crippen LogP contribution in [0.4, 0.5) is 0 Å². The van der Waals surface area contributed by atoms with E-state index in [0.717, 1.165) is 55.5 Å². The number of nitrogens with zero attached hydrogens (tertiary/aromatic N) is 6. The van der Waals surface area contributed by atoms with Gasteiger partial charge in [0.15, 0.2) is 0 Å². The summed E-state index contributed by atoms with van der Waals surface area (Å²) >= 11 is 0. The first-order chi connectivity index (χ1) is 14.1. The van der Waals surface area contributed by atoms with Crippen LogP contribution in [0.1, 0.15) is 61.9 Å². The number of aryl methyl sites for hydroxylation is 2. The molecule has 0 unspecified atom stereocenters. The quantitative estimate of drug-likeness (QED) is 0.775. The van der Waals surface area contributed by atoms with E-state index in [-0.39, 0.29) is 5.91 Å². The molecule has 0 spiro atoms. The second kappa shape index (κ2) is 9.20. The fraction of sp³-hybridized carbons (Fsp3) is 0.727. The lowest BCUT2D eigenvalue weighted by molar-refractivity contribution is -0.131. The molecule has 158 valence electrons. The van der Waals surface area contributed by atoms with Crippen molar-refractivity contribution in [2.75, 3.05) is 32.7 Å². The number of rotatable bonds is 5. The Balaban J connectivity index is 1.31. The molecule has 2 aliphatic rings.